The van der Waals surface area contributed by atoms with Crippen LogP contribution in [0.4, 0.5) is 0 Å². The smallest absolute Gasteiger partial charge is 0.251 e. The Balaban J connectivity index is 1.82. The molecule has 24 heavy (non-hydrogen) atoms. The van der Waals surface area contributed by atoms with Gasteiger partial charge >= 0.3 is 0 Å². The fourth-order valence-corrected chi connectivity index (χ4v) is 2.86. The molecule has 1 amide bonds. The number of nitrogens with two attached hydrogens (primary N) is 1. The van der Waals surface area contributed by atoms with Gasteiger partial charge in [-0.05, 0) is 42.0 Å². The van der Waals surface area contributed by atoms with Crippen molar-refractivity contribution in [2.24, 2.45) is 10.7 Å². The Bertz CT molecular complexity index is 667. The van der Waals surface area contributed by atoms with Gasteiger partial charge in [-0.15, -0.1) is 11.3 Å². The first-order chi connectivity index (χ1) is 11.7. The van der Waals surface area contributed by atoms with Crippen molar-refractivity contribution in [1.82, 2.24) is 10.6 Å². The van der Waals surface area contributed by atoms with Crippen LogP contribution in [-0.2, 0) is 13.0 Å². The number of thiophene rings is 1. The van der Waals surface area contributed by atoms with Gasteiger partial charge in [-0.2, -0.15) is 0 Å². The largest absolute Gasteiger partial charge is 0.370 e. The first kappa shape index (κ1) is 18.0. The zero-order valence-corrected chi connectivity index (χ0v) is 14.7. The van der Waals surface area contributed by atoms with E-state index in [4.69, 9.17) is 5.73 Å². The van der Waals surface area contributed by atoms with Crippen LogP contribution in [0.15, 0.2) is 46.8 Å². The minimum Gasteiger partial charge on any atom is -0.370 e. The third-order valence-corrected chi connectivity index (χ3v) is 4.35. The summed E-state index contributed by atoms with van der Waals surface area (Å²) in [5.74, 6) is 0.372. The molecule has 0 bridgehead atoms. The standard InChI is InChI=1S/C18H24N4OS/c1-2-9-20-17(23)15-6-3-5-14(12-15)13-22-18(19)21-10-8-16-7-4-11-24-16/h3-7,11-12H,2,8-10,13H2,1H3,(H,20,23)(H3,19,21,22). The molecular weight excluding hydrogens is 320 g/mol. The summed E-state index contributed by atoms with van der Waals surface area (Å²) in [5.41, 5.74) is 7.50. The van der Waals surface area contributed by atoms with Crippen molar-refractivity contribution in [2.75, 3.05) is 13.1 Å². The van der Waals surface area contributed by atoms with Crippen molar-refractivity contribution in [3.8, 4) is 0 Å². The number of carbonyl (C=O) groups is 1. The molecule has 0 saturated carbocycles. The summed E-state index contributed by atoms with van der Waals surface area (Å²) >= 11 is 1.74. The predicted molar refractivity (Wildman–Crippen MR) is 100 cm³/mol. The quantitative estimate of drug-likeness (QED) is 0.508. The highest BCUT2D eigenvalue weighted by molar-refractivity contribution is 7.09. The SMILES string of the molecule is CCCNC(=O)c1cccc(CN=C(N)NCCc2cccs2)c1. The second kappa shape index (κ2) is 9.72. The predicted octanol–water partition coefficient (Wildman–Crippen LogP) is 2.53. The molecule has 0 aliphatic carbocycles. The van der Waals surface area contributed by atoms with Crippen LogP contribution >= 0.6 is 11.3 Å². The number of hydrogen-bond acceptors (Lipinski definition) is 3. The third-order valence-electron chi connectivity index (χ3n) is 3.41. The summed E-state index contributed by atoms with van der Waals surface area (Å²) in [6.07, 6.45) is 1.85. The highest BCUT2D eigenvalue weighted by atomic mass is 32.1. The van der Waals surface area contributed by atoms with E-state index in [-0.39, 0.29) is 5.91 Å². The number of aliphatic imine (C=N–C) groups is 1. The van der Waals surface area contributed by atoms with Crippen molar-refractivity contribution >= 4 is 23.2 Å². The Morgan fingerprint density at radius 3 is 2.83 bits per heavy atom. The van der Waals surface area contributed by atoms with Gasteiger partial charge in [-0.3, -0.25) is 4.79 Å². The Labute approximate surface area is 147 Å². The molecule has 2 rings (SSSR count). The summed E-state index contributed by atoms with van der Waals surface area (Å²) in [6, 6.07) is 11.6. The maximum Gasteiger partial charge on any atom is 0.251 e. The number of nitrogens with zero attached hydrogens (tertiary/aromatic N) is 1. The first-order valence-corrected chi connectivity index (χ1v) is 9.00. The maximum absolute atomic E-state index is 12.0. The van der Waals surface area contributed by atoms with Gasteiger partial charge in [-0.25, -0.2) is 4.99 Å². The van der Waals surface area contributed by atoms with E-state index in [1.54, 1.807) is 17.4 Å². The topological polar surface area (TPSA) is 79.5 Å². The molecule has 0 fully saturated rings. The van der Waals surface area contributed by atoms with Crippen LogP contribution in [0, 0.1) is 0 Å². The van der Waals surface area contributed by atoms with Crippen LogP contribution in [0.3, 0.4) is 0 Å². The van der Waals surface area contributed by atoms with Crippen LogP contribution in [0.5, 0.6) is 0 Å². The number of nitrogens with one attached hydrogen (secondary N) is 2. The highest BCUT2D eigenvalue weighted by Crippen LogP contribution is 2.08. The van der Waals surface area contributed by atoms with Gasteiger partial charge in [0.25, 0.3) is 5.91 Å². The summed E-state index contributed by atoms with van der Waals surface area (Å²) < 4.78 is 0. The van der Waals surface area contributed by atoms with E-state index >= 15 is 0 Å². The lowest BCUT2D eigenvalue weighted by molar-refractivity contribution is 0.0953. The molecule has 5 nitrogen and oxygen atoms in total. The van der Waals surface area contributed by atoms with Gasteiger partial charge in [0, 0.05) is 23.5 Å². The zero-order chi connectivity index (χ0) is 17.2. The molecule has 0 unspecified atom stereocenters. The van der Waals surface area contributed by atoms with Crippen molar-refractivity contribution in [2.45, 2.75) is 26.3 Å². The van der Waals surface area contributed by atoms with Crippen molar-refractivity contribution in [3.05, 3.63) is 57.8 Å². The molecule has 0 saturated heterocycles. The molecule has 128 valence electrons. The maximum atomic E-state index is 12.0. The van der Waals surface area contributed by atoms with Gasteiger partial charge in [0.15, 0.2) is 5.96 Å². The summed E-state index contributed by atoms with van der Waals surface area (Å²) in [6.45, 7) is 3.92. The van der Waals surface area contributed by atoms with Gasteiger partial charge in [0.05, 0.1) is 6.54 Å². The normalized spacial score (nSPS) is 11.3. The Hall–Kier alpha value is -2.34. The molecule has 0 aliphatic rings. The van der Waals surface area contributed by atoms with Crippen LogP contribution in [-0.4, -0.2) is 25.0 Å². The van der Waals surface area contributed by atoms with Gasteiger partial charge in [-0.1, -0.05) is 25.1 Å². The van der Waals surface area contributed by atoms with Gasteiger partial charge in [0.1, 0.15) is 0 Å². The van der Waals surface area contributed by atoms with E-state index < -0.39 is 0 Å². The highest BCUT2D eigenvalue weighted by Gasteiger charge is 2.05. The Morgan fingerprint density at radius 2 is 2.08 bits per heavy atom. The lowest BCUT2D eigenvalue weighted by Crippen LogP contribution is -2.33. The second-order valence-corrected chi connectivity index (χ2v) is 6.45. The van der Waals surface area contributed by atoms with E-state index in [1.165, 1.54) is 4.88 Å². The van der Waals surface area contributed by atoms with Crippen molar-refractivity contribution in [1.29, 1.82) is 0 Å². The van der Waals surface area contributed by atoms with Crippen molar-refractivity contribution in [3.63, 3.8) is 0 Å². The minimum atomic E-state index is -0.0512. The fourth-order valence-electron chi connectivity index (χ4n) is 2.15. The van der Waals surface area contributed by atoms with E-state index in [2.05, 4.69) is 27.1 Å². The molecule has 1 aromatic carbocycles. The number of carbonyl (C=O) groups excluding carboxylic acids is 1. The average molecular weight is 344 g/mol. The molecule has 4 N–H and O–H groups in total. The number of rotatable bonds is 8. The lowest BCUT2D eigenvalue weighted by Gasteiger charge is -2.06. The Morgan fingerprint density at radius 1 is 1.21 bits per heavy atom. The second-order valence-electron chi connectivity index (χ2n) is 5.41. The van der Waals surface area contributed by atoms with Crippen LogP contribution in [0.1, 0.15) is 34.1 Å². The van der Waals surface area contributed by atoms with E-state index in [9.17, 15) is 4.79 Å². The molecular formula is C18H24N4OS. The lowest BCUT2D eigenvalue weighted by atomic mass is 10.1. The fraction of sp³-hybridized carbons (Fsp3) is 0.333. The van der Waals surface area contributed by atoms with Gasteiger partial charge < -0.3 is 16.4 Å². The van der Waals surface area contributed by atoms with E-state index in [0.717, 1.165) is 24.9 Å². The van der Waals surface area contributed by atoms with E-state index in [1.807, 2.05) is 31.2 Å². The van der Waals surface area contributed by atoms with E-state index in [0.29, 0.717) is 24.6 Å². The van der Waals surface area contributed by atoms with Crippen LogP contribution in [0.2, 0.25) is 0 Å². The number of benzene rings is 1. The molecule has 6 heteroatoms. The molecule has 1 heterocycles. The number of guanidine groups is 1. The minimum absolute atomic E-state index is 0.0512. The van der Waals surface area contributed by atoms with Crippen molar-refractivity contribution < 1.29 is 4.79 Å². The third kappa shape index (κ3) is 6.04. The molecule has 2 aromatic rings. The summed E-state index contributed by atoms with van der Waals surface area (Å²) in [4.78, 5) is 17.6. The first-order valence-electron chi connectivity index (χ1n) is 8.12. The Kier molecular flexibility index (Phi) is 7.29. The molecule has 1 aromatic heterocycles. The zero-order valence-electron chi connectivity index (χ0n) is 13.9. The summed E-state index contributed by atoms with van der Waals surface area (Å²) in [7, 11) is 0. The monoisotopic (exact) mass is 344 g/mol. The van der Waals surface area contributed by atoms with Gasteiger partial charge in [0.2, 0.25) is 0 Å². The number of hydrogen-bond donors (Lipinski definition) is 3. The van der Waals surface area contributed by atoms with Crippen LogP contribution in [0.25, 0.3) is 0 Å². The number of amides is 1. The summed E-state index contributed by atoms with van der Waals surface area (Å²) in [5, 5.41) is 8.05. The molecule has 0 spiro atoms. The molecule has 0 radical (unpaired) electrons. The average Bonchev–Trinajstić information content (AvgIpc) is 3.11. The molecule has 0 aliphatic heterocycles. The molecule has 0 atom stereocenters. The van der Waals surface area contributed by atoms with Crippen LogP contribution < -0.4 is 16.4 Å².